The number of hydrogen-bond donors (Lipinski definition) is 7. The van der Waals surface area contributed by atoms with E-state index in [4.69, 9.17) is 15.9 Å². The van der Waals surface area contributed by atoms with Gasteiger partial charge in [0.1, 0.15) is 12.1 Å². The molecule has 0 aliphatic carbocycles. The number of aliphatic carboxylic acids is 2. The van der Waals surface area contributed by atoms with Gasteiger partial charge in [0.05, 0.1) is 19.0 Å². The second-order valence-electron chi connectivity index (χ2n) is 6.31. The average molecular weight is 440 g/mol. The number of carbonyl (C=O) groups excluding carboxylic acids is 3. The number of nitrogens with two attached hydrogens (primary N) is 1. The van der Waals surface area contributed by atoms with Crippen molar-refractivity contribution in [2.45, 2.75) is 31.0 Å². The van der Waals surface area contributed by atoms with Gasteiger partial charge in [-0.25, -0.2) is 4.79 Å². The van der Waals surface area contributed by atoms with Crippen molar-refractivity contribution in [3.63, 3.8) is 0 Å². The Balaban J connectivity index is 2.86. The van der Waals surface area contributed by atoms with Gasteiger partial charge in [0.25, 0.3) is 0 Å². The third-order valence-electron chi connectivity index (χ3n) is 3.88. The molecule has 0 aliphatic rings. The summed E-state index contributed by atoms with van der Waals surface area (Å²) in [6.45, 7) is -0.462. The Labute approximate surface area is 177 Å². The highest BCUT2D eigenvalue weighted by Crippen LogP contribution is 2.05. The number of carbonyl (C=O) groups is 5. The topological polar surface area (TPSA) is 188 Å². The van der Waals surface area contributed by atoms with E-state index in [1.54, 1.807) is 30.3 Å². The van der Waals surface area contributed by atoms with Crippen LogP contribution in [-0.2, 0) is 30.4 Å². The van der Waals surface area contributed by atoms with Crippen molar-refractivity contribution < 1.29 is 34.2 Å². The molecule has 12 heteroatoms. The molecule has 0 saturated heterocycles. The summed E-state index contributed by atoms with van der Waals surface area (Å²) in [5.74, 6) is -5.04. The molecule has 30 heavy (non-hydrogen) atoms. The highest BCUT2D eigenvalue weighted by atomic mass is 32.1. The van der Waals surface area contributed by atoms with E-state index in [0.29, 0.717) is 5.56 Å². The molecule has 3 atom stereocenters. The molecule has 0 spiro atoms. The van der Waals surface area contributed by atoms with Gasteiger partial charge in [-0.2, -0.15) is 12.6 Å². The van der Waals surface area contributed by atoms with Crippen molar-refractivity contribution in [3.05, 3.63) is 35.9 Å². The largest absolute Gasteiger partial charge is 0.481 e. The lowest BCUT2D eigenvalue weighted by molar-refractivity contribution is -0.147. The first-order valence-electron chi connectivity index (χ1n) is 8.86. The van der Waals surface area contributed by atoms with E-state index in [9.17, 15) is 24.0 Å². The first-order valence-corrected chi connectivity index (χ1v) is 9.49. The van der Waals surface area contributed by atoms with Crippen LogP contribution in [0.5, 0.6) is 0 Å². The summed E-state index contributed by atoms with van der Waals surface area (Å²) < 4.78 is 0. The lowest BCUT2D eigenvalue weighted by Crippen LogP contribution is -2.54. The van der Waals surface area contributed by atoms with Crippen molar-refractivity contribution in [3.8, 4) is 0 Å². The van der Waals surface area contributed by atoms with Gasteiger partial charge >= 0.3 is 11.9 Å². The van der Waals surface area contributed by atoms with Crippen molar-refractivity contribution in [1.29, 1.82) is 0 Å². The van der Waals surface area contributed by atoms with Crippen LogP contribution in [-0.4, -0.2) is 70.3 Å². The molecule has 0 aromatic heterocycles. The number of benzene rings is 1. The molecular formula is C18H24N4O7S. The summed E-state index contributed by atoms with van der Waals surface area (Å²) >= 11 is 3.88. The number of carboxylic acid groups (broad SMARTS) is 2. The number of thiol groups is 1. The molecule has 0 radical (unpaired) electrons. The molecule has 1 aromatic carbocycles. The van der Waals surface area contributed by atoms with Crippen LogP contribution < -0.4 is 21.7 Å². The average Bonchev–Trinajstić information content (AvgIpc) is 2.70. The fourth-order valence-corrected chi connectivity index (χ4v) is 2.50. The van der Waals surface area contributed by atoms with Gasteiger partial charge in [-0.15, -0.1) is 0 Å². The fraction of sp³-hybridized carbons (Fsp3) is 0.389. The molecule has 11 nitrogen and oxygen atoms in total. The Morgan fingerprint density at radius 3 is 2.13 bits per heavy atom. The molecule has 164 valence electrons. The van der Waals surface area contributed by atoms with Crippen molar-refractivity contribution in [2.75, 3.05) is 12.3 Å². The van der Waals surface area contributed by atoms with Crippen molar-refractivity contribution in [2.24, 2.45) is 5.73 Å². The van der Waals surface area contributed by atoms with E-state index >= 15 is 0 Å². The van der Waals surface area contributed by atoms with E-state index in [0.717, 1.165) is 0 Å². The molecule has 3 amide bonds. The van der Waals surface area contributed by atoms with Crippen LogP contribution >= 0.6 is 12.6 Å². The predicted octanol–water partition coefficient (Wildman–Crippen LogP) is -1.87. The maximum absolute atomic E-state index is 12.6. The molecule has 0 bridgehead atoms. The van der Waals surface area contributed by atoms with Gasteiger partial charge in [0, 0.05) is 12.2 Å². The number of hydrogen-bond acceptors (Lipinski definition) is 7. The van der Waals surface area contributed by atoms with Crippen LogP contribution in [0.25, 0.3) is 0 Å². The number of rotatable bonds is 12. The number of carboxylic acids is 2. The summed E-state index contributed by atoms with van der Waals surface area (Å²) in [5.41, 5.74) is 6.16. The predicted molar refractivity (Wildman–Crippen MR) is 109 cm³/mol. The van der Waals surface area contributed by atoms with E-state index in [1.165, 1.54) is 0 Å². The first kappa shape index (κ1) is 24.9. The molecule has 7 N–H and O–H groups in total. The van der Waals surface area contributed by atoms with Crippen LogP contribution in [0.1, 0.15) is 12.0 Å². The highest BCUT2D eigenvalue weighted by molar-refractivity contribution is 7.80. The van der Waals surface area contributed by atoms with E-state index in [1.807, 2.05) is 0 Å². The lowest BCUT2D eigenvalue weighted by atomic mass is 10.0. The molecule has 0 aliphatic heterocycles. The maximum Gasteiger partial charge on any atom is 0.326 e. The molecule has 1 aromatic rings. The van der Waals surface area contributed by atoms with Crippen LogP contribution in [0.3, 0.4) is 0 Å². The molecule has 0 saturated carbocycles. The zero-order valence-corrected chi connectivity index (χ0v) is 16.8. The molecule has 1 rings (SSSR count). The number of amides is 3. The first-order chi connectivity index (χ1) is 14.1. The summed E-state index contributed by atoms with van der Waals surface area (Å²) in [6, 6.07) is 4.81. The Hall–Kier alpha value is -3.12. The Morgan fingerprint density at radius 2 is 1.60 bits per heavy atom. The third-order valence-corrected chi connectivity index (χ3v) is 4.28. The van der Waals surface area contributed by atoms with Crippen LogP contribution in [0.4, 0.5) is 0 Å². The minimum atomic E-state index is -1.67. The van der Waals surface area contributed by atoms with Gasteiger partial charge in [-0.1, -0.05) is 30.3 Å². The normalized spacial score (nSPS) is 13.4. The van der Waals surface area contributed by atoms with E-state index in [2.05, 4.69) is 28.6 Å². The van der Waals surface area contributed by atoms with Gasteiger partial charge in [0.15, 0.2) is 0 Å². The molecule has 0 fully saturated rings. The molecule has 3 unspecified atom stereocenters. The second kappa shape index (κ2) is 12.4. The Kier molecular flexibility index (Phi) is 10.3. The lowest BCUT2D eigenvalue weighted by Gasteiger charge is -2.21. The minimum Gasteiger partial charge on any atom is -0.481 e. The zero-order valence-electron chi connectivity index (χ0n) is 15.9. The van der Waals surface area contributed by atoms with Crippen molar-refractivity contribution >= 4 is 42.3 Å². The van der Waals surface area contributed by atoms with Crippen LogP contribution in [0.2, 0.25) is 0 Å². The Morgan fingerprint density at radius 1 is 0.967 bits per heavy atom. The van der Waals surface area contributed by atoms with Gasteiger partial charge < -0.3 is 31.9 Å². The summed E-state index contributed by atoms with van der Waals surface area (Å²) in [4.78, 5) is 58.4. The molecular weight excluding hydrogens is 416 g/mol. The van der Waals surface area contributed by atoms with E-state index in [-0.39, 0.29) is 12.2 Å². The Bertz CT molecular complexity index is 775. The van der Waals surface area contributed by atoms with Gasteiger partial charge in [-0.3, -0.25) is 19.2 Å². The summed E-state index contributed by atoms with van der Waals surface area (Å²) in [6.07, 6.45) is -0.813. The SMILES string of the molecule is NC(CS)C(=O)NCC(=O)NC(Cc1ccccc1)C(=O)NC(CC(=O)O)C(=O)O. The fourth-order valence-electron chi connectivity index (χ4n) is 2.33. The number of nitrogens with one attached hydrogen (secondary N) is 3. The van der Waals surface area contributed by atoms with Gasteiger partial charge in [0.2, 0.25) is 17.7 Å². The monoisotopic (exact) mass is 440 g/mol. The minimum absolute atomic E-state index is 0.0158. The summed E-state index contributed by atoms with van der Waals surface area (Å²) in [5, 5.41) is 24.7. The van der Waals surface area contributed by atoms with Crippen LogP contribution in [0.15, 0.2) is 30.3 Å². The standard InChI is InChI=1S/C18H24N4O7S/c19-11(9-30)16(26)20-8-14(23)21-12(6-10-4-2-1-3-5-10)17(27)22-13(18(28)29)7-15(24)25/h1-5,11-13,30H,6-9,19H2,(H,20,26)(H,21,23)(H,22,27)(H,24,25)(H,28,29). The second-order valence-corrected chi connectivity index (χ2v) is 6.68. The maximum atomic E-state index is 12.6. The van der Waals surface area contributed by atoms with E-state index < -0.39 is 60.8 Å². The third kappa shape index (κ3) is 8.92. The van der Waals surface area contributed by atoms with Gasteiger partial charge in [-0.05, 0) is 5.56 Å². The van der Waals surface area contributed by atoms with Crippen LogP contribution in [0, 0.1) is 0 Å². The smallest absolute Gasteiger partial charge is 0.326 e. The zero-order chi connectivity index (χ0) is 22.7. The molecule has 0 heterocycles. The summed E-state index contributed by atoms with van der Waals surface area (Å²) in [7, 11) is 0. The quantitative estimate of drug-likeness (QED) is 0.184. The van der Waals surface area contributed by atoms with Crippen molar-refractivity contribution in [1.82, 2.24) is 16.0 Å². The highest BCUT2D eigenvalue weighted by Gasteiger charge is 2.28.